The summed E-state index contributed by atoms with van der Waals surface area (Å²) in [5, 5.41) is 4.75. The highest BCUT2D eigenvalue weighted by molar-refractivity contribution is 7.20. The Balaban J connectivity index is 2.14. The molecular formula is C14H13Cl4NS. The Morgan fingerprint density at radius 2 is 1.60 bits per heavy atom. The van der Waals surface area contributed by atoms with Crippen LogP contribution in [-0.2, 0) is 0 Å². The van der Waals surface area contributed by atoms with Gasteiger partial charge in [0.2, 0.25) is 0 Å². The van der Waals surface area contributed by atoms with Gasteiger partial charge >= 0.3 is 0 Å². The molecule has 20 heavy (non-hydrogen) atoms. The molecule has 0 aliphatic heterocycles. The molecule has 2 unspecified atom stereocenters. The minimum absolute atomic E-state index is 0.0736. The van der Waals surface area contributed by atoms with E-state index in [9.17, 15) is 0 Å². The monoisotopic (exact) mass is 367 g/mol. The average molecular weight is 369 g/mol. The molecule has 1 heterocycles. The number of hydrogen-bond acceptors (Lipinski definition) is 2. The molecule has 0 bridgehead atoms. The fraction of sp³-hybridized carbons (Fsp3) is 0.286. The minimum atomic E-state index is 0.0736. The van der Waals surface area contributed by atoms with Crippen molar-refractivity contribution in [2.75, 3.05) is 0 Å². The summed E-state index contributed by atoms with van der Waals surface area (Å²) in [4.78, 5) is 0. The van der Waals surface area contributed by atoms with Crippen LogP contribution in [0.3, 0.4) is 0 Å². The smallest absolute Gasteiger partial charge is 0.0991 e. The third-order valence-corrected chi connectivity index (χ3v) is 5.16. The highest BCUT2D eigenvalue weighted by Gasteiger charge is 2.17. The van der Waals surface area contributed by atoms with Crippen LogP contribution in [0.2, 0.25) is 18.7 Å². The van der Waals surface area contributed by atoms with Crippen molar-refractivity contribution in [3.63, 3.8) is 0 Å². The largest absolute Gasteiger partial charge is 0.304 e. The fourth-order valence-corrected chi connectivity index (χ4v) is 4.27. The predicted octanol–water partition coefficient (Wildman–Crippen LogP) is 6.77. The maximum Gasteiger partial charge on any atom is 0.0991 e. The Morgan fingerprint density at radius 1 is 0.950 bits per heavy atom. The van der Waals surface area contributed by atoms with Gasteiger partial charge in [-0.15, -0.1) is 11.3 Å². The normalized spacial score (nSPS) is 14.3. The van der Waals surface area contributed by atoms with Crippen LogP contribution < -0.4 is 5.32 Å². The van der Waals surface area contributed by atoms with E-state index in [0.29, 0.717) is 18.7 Å². The summed E-state index contributed by atoms with van der Waals surface area (Å²) < 4.78 is 1.40. The molecule has 0 spiro atoms. The second kappa shape index (κ2) is 6.87. The third-order valence-electron chi connectivity index (χ3n) is 3.08. The summed E-state index contributed by atoms with van der Waals surface area (Å²) in [5.41, 5.74) is 2.00. The molecule has 2 aromatic rings. The molecular weight excluding hydrogens is 356 g/mol. The lowest BCUT2D eigenvalue weighted by Gasteiger charge is -2.21. The van der Waals surface area contributed by atoms with Gasteiger partial charge in [-0.2, -0.15) is 0 Å². The van der Waals surface area contributed by atoms with E-state index in [1.54, 1.807) is 6.07 Å². The van der Waals surface area contributed by atoms with E-state index in [0.717, 1.165) is 11.1 Å². The molecule has 1 aromatic heterocycles. The number of rotatable bonds is 4. The summed E-state index contributed by atoms with van der Waals surface area (Å²) in [5.74, 6) is 0. The Kier molecular flexibility index (Phi) is 5.63. The van der Waals surface area contributed by atoms with Crippen molar-refractivity contribution in [3.8, 4) is 0 Å². The van der Waals surface area contributed by atoms with Crippen LogP contribution in [0.4, 0.5) is 0 Å². The first-order valence-electron chi connectivity index (χ1n) is 6.04. The second-order valence-electron chi connectivity index (χ2n) is 4.56. The average Bonchev–Trinajstić information content (AvgIpc) is 2.68. The van der Waals surface area contributed by atoms with E-state index in [4.69, 9.17) is 46.4 Å². The van der Waals surface area contributed by atoms with Gasteiger partial charge in [0, 0.05) is 22.1 Å². The number of thiophene rings is 1. The summed E-state index contributed by atoms with van der Waals surface area (Å²) in [6, 6.07) is 7.55. The maximum atomic E-state index is 6.22. The van der Waals surface area contributed by atoms with E-state index in [1.165, 1.54) is 11.3 Å². The van der Waals surface area contributed by atoms with Gasteiger partial charge < -0.3 is 5.32 Å². The topological polar surface area (TPSA) is 12.0 Å². The van der Waals surface area contributed by atoms with Crippen LogP contribution in [0.1, 0.15) is 37.1 Å². The van der Waals surface area contributed by atoms with Crippen LogP contribution in [-0.4, -0.2) is 0 Å². The number of nitrogens with one attached hydrogen (secondary N) is 1. The lowest BCUT2D eigenvalue weighted by Crippen LogP contribution is -2.22. The first kappa shape index (κ1) is 16.4. The van der Waals surface area contributed by atoms with Gasteiger partial charge in [0.1, 0.15) is 0 Å². The van der Waals surface area contributed by atoms with E-state index in [-0.39, 0.29) is 12.1 Å². The van der Waals surface area contributed by atoms with E-state index in [1.807, 2.05) is 32.0 Å². The standard InChI is InChI=1S/C14H13Cl4NS/c1-7(10-4-3-9(15)5-12(10)16)19-8(2)11-6-13(17)20-14(11)18/h3-8,19H,1-2H3. The molecule has 0 saturated heterocycles. The number of hydrogen-bond donors (Lipinski definition) is 1. The Hall–Kier alpha value is 0.0400. The van der Waals surface area contributed by atoms with Gasteiger partial charge in [0.15, 0.2) is 0 Å². The second-order valence-corrected chi connectivity index (χ2v) is 7.68. The van der Waals surface area contributed by atoms with Gasteiger partial charge in [-0.3, -0.25) is 0 Å². The molecule has 2 rings (SSSR count). The maximum absolute atomic E-state index is 6.22. The first-order valence-corrected chi connectivity index (χ1v) is 8.37. The molecule has 0 radical (unpaired) electrons. The lowest BCUT2D eigenvalue weighted by atomic mass is 10.1. The molecule has 0 fully saturated rings. The van der Waals surface area contributed by atoms with Gasteiger partial charge in [0.25, 0.3) is 0 Å². The van der Waals surface area contributed by atoms with E-state index >= 15 is 0 Å². The zero-order chi connectivity index (χ0) is 14.9. The van der Waals surface area contributed by atoms with Crippen LogP contribution in [0.25, 0.3) is 0 Å². The van der Waals surface area contributed by atoms with Crippen LogP contribution >= 0.6 is 57.7 Å². The molecule has 1 nitrogen and oxygen atoms in total. The van der Waals surface area contributed by atoms with Crippen molar-refractivity contribution in [3.05, 3.63) is 54.1 Å². The summed E-state index contributed by atoms with van der Waals surface area (Å²) in [6.45, 7) is 4.10. The van der Waals surface area contributed by atoms with Crippen LogP contribution in [0, 0.1) is 0 Å². The van der Waals surface area contributed by atoms with Crippen molar-refractivity contribution < 1.29 is 0 Å². The van der Waals surface area contributed by atoms with Crippen molar-refractivity contribution in [2.24, 2.45) is 0 Å². The van der Waals surface area contributed by atoms with Gasteiger partial charge in [-0.25, -0.2) is 0 Å². The quantitative estimate of drug-likeness (QED) is 0.627. The molecule has 0 aliphatic carbocycles. The fourth-order valence-electron chi connectivity index (χ4n) is 2.06. The molecule has 2 atom stereocenters. The predicted molar refractivity (Wildman–Crippen MR) is 90.8 cm³/mol. The van der Waals surface area contributed by atoms with Crippen molar-refractivity contribution in [1.29, 1.82) is 0 Å². The first-order chi connectivity index (χ1) is 9.38. The SMILES string of the molecule is CC(NC(C)c1cc(Cl)sc1Cl)c1ccc(Cl)cc1Cl. The molecule has 1 N–H and O–H groups in total. The third kappa shape index (κ3) is 3.82. The van der Waals surface area contributed by atoms with Gasteiger partial charge in [0.05, 0.1) is 8.67 Å². The molecule has 0 amide bonds. The molecule has 1 aromatic carbocycles. The minimum Gasteiger partial charge on any atom is -0.304 e. The van der Waals surface area contributed by atoms with Gasteiger partial charge in [-0.1, -0.05) is 52.5 Å². The van der Waals surface area contributed by atoms with Crippen molar-refractivity contribution in [2.45, 2.75) is 25.9 Å². The van der Waals surface area contributed by atoms with Crippen molar-refractivity contribution >= 4 is 57.7 Å². The molecule has 6 heteroatoms. The van der Waals surface area contributed by atoms with E-state index in [2.05, 4.69) is 5.32 Å². The highest BCUT2D eigenvalue weighted by atomic mass is 35.5. The zero-order valence-electron chi connectivity index (χ0n) is 10.9. The van der Waals surface area contributed by atoms with Crippen LogP contribution in [0.15, 0.2) is 24.3 Å². The Morgan fingerprint density at radius 3 is 2.15 bits per heavy atom. The summed E-state index contributed by atoms with van der Waals surface area (Å²) >= 11 is 25.7. The zero-order valence-corrected chi connectivity index (χ0v) is 14.7. The van der Waals surface area contributed by atoms with E-state index < -0.39 is 0 Å². The Labute approximate surface area is 142 Å². The van der Waals surface area contributed by atoms with Crippen LogP contribution in [0.5, 0.6) is 0 Å². The van der Waals surface area contributed by atoms with Crippen molar-refractivity contribution in [1.82, 2.24) is 5.32 Å². The lowest BCUT2D eigenvalue weighted by molar-refractivity contribution is 0.496. The van der Waals surface area contributed by atoms with Gasteiger partial charge in [-0.05, 0) is 43.2 Å². The Bertz CT molecular complexity index is 611. The highest BCUT2D eigenvalue weighted by Crippen LogP contribution is 2.36. The summed E-state index contributed by atoms with van der Waals surface area (Å²) in [7, 11) is 0. The molecule has 0 aliphatic rings. The molecule has 108 valence electrons. The number of benzene rings is 1. The summed E-state index contributed by atoms with van der Waals surface area (Å²) in [6.07, 6.45) is 0. The molecule has 0 saturated carbocycles. The number of halogens is 4.